The van der Waals surface area contributed by atoms with E-state index in [1.807, 2.05) is 36.4 Å². The maximum absolute atomic E-state index is 12.0. The molecule has 0 saturated carbocycles. The van der Waals surface area contributed by atoms with Crippen LogP contribution in [0.2, 0.25) is 0 Å². The second-order valence-electron chi connectivity index (χ2n) is 5.51. The molecule has 1 aliphatic rings. The van der Waals surface area contributed by atoms with Crippen molar-refractivity contribution < 1.29 is 14.3 Å². The number of aromatic nitrogens is 1. The number of benzene rings is 2. The zero-order valence-corrected chi connectivity index (χ0v) is 15.0. The van der Waals surface area contributed by atoms with E-state index in [0.29, 0.717) is 18.7 Å². The van der Waals surface area contributed by atoms with Crippen LogP contribution in [0, 0.1) is 0 Å². The number of para-hydroxylation sites is 1. The van der Waals surface area contributed by atoms with Gasteiger partial charge in [-0.05, 0) is 29.8 Å². The Morgan fingerprint density at radius 3 is 3.00 bits per heavy atom. The van der Waals surface area contributed by atoms with Crippen molar-refractivity contribution in [2.45, 2.75) is 17.3 Å². The number of thiazole rings is 1. The molecule has 128 valence electrons. The summed E-state index contributed by atoms with van der Waals surface area (Å²) in [5.41, 5.74) is 2.01. The average molecular weight is 372 g/mol. The molecule has 7 heteroatoms. The topological polar surface area (TPSA) is 60.5 Å². The van der Waals surface area contributed by atoms with Crippen molar-refractivity contribution in [2.24, 2.45) is 0 Å². The molecule has 0 unspecified atom stereocenters. The lowest BCUT2D eigenvalue weighted by Crippen LogP contribution is -2.22. The van der Waals surface area contributed by atoms with Crippen LogP contribution in [-0.2, 0) is 11.3 Å². The first-order valence-electron chi connectivity index (χ1n) is 7.91. The maximum Gasteiger partial charge on any atom is 0.231 e. The number of nitrogens with zero attached hydrogens (tertiary/aromatic N) is 1. The summed E-state index contributed by atoms with van der Waals surface area (Å²) in [4.78, 5) is 16.6. The minimum absolute atomic E-state index is 0.0336. The number of carbonyl (C=O) groups is 1. The predicted octanol–water partition coefficient (Wildman–Crippen LogP) is 3.82. The summed E-state index contributed by atoms with van der Waals surface area (Å²) in [5.74, 6) is 2.24. The van der Waals surface area contributed by atoms with Gasteiger partial charge in [0.2, 0.25) is 12.7 Å². The second-order valence-corrected chi connectivity index (χ2v) is 7.88. The Balaban J connectivity index is 1.24. The van der Waals surface area contributed by atoms with Gasteiger partial charge >= 0.3 is 0 Å². The van der Waals surface area contributed by atoms with E-state index < -0.39 is 0 Å². The molecule has 0 bridgehead atoms. The van der Waals surface area contributed by atoms with Gasteiger partial charge in [-0.1, -0.05) is 30.0 Å². The Kier molecular flexibility index (Phi) is 4.76. The van der Waals surface area contributed by atoms with Crippen molar-refractivity contribution in [3.05, 3.63) is 48.0 Å². The molecule has 1 amide bonds. The van der Waals surface area contributed by atoms with Crippen molar-refractivity contribution in [1.29, 1.82) is 0 Å². The van der Waals surface area contributed by atoms with Gasteiger partial charge in [-0.3, -0.25) is 4.79 Å². The molecule has 0 saturated heterocycles. The predicted molar refractivity (Wildman–Crippen MR) is 99.4 cm³/mol. The van der Waals surface area contributed by atoms with Crippen molar-refractivity contribution in [2.75, 3.05) is 12.5 Å². The molecule has 25 heavy (non-hydrogen) atoms. The molecular formula is C18H16N2O3S2. The number of ether oxygens (including phenoxy) is 2. The van der Waals surface area contributed by atoms with Crippen molar-refractivity contribution in [3.8, 4) is 11.5 Å². The smallest absolute Gasteiger partial charge is 0.231 e. The molecule has 2 aromatic carbocycles. The number of thioether (sulfide) groups is 1. The van der Waals surface area contributed by atoms with Crippen LogP contribution in [0.1, 0.15) is 12.0 Å². The summed E-state index contributed by atoms with van der Waals surface area (Å²) in [6, 6.07) is 13.8. The van der Waals surface area contributed by atoms with Gasteiger partial charge in [-0.2, -0.15) is 0 Å². The maximum atomic E-state index is 12.0. The average Bonchev–Trinajstić information content (AvgIpc) is 3.25. The van der Waals surface area contributed by atoms with Crippen LogP contribution in [0.15, 0.2) is 46.8 Å². The van der Waals surface area contributed by atoms with Crippen LogP contribution in [0.5, 0.6) is 11.5 Å². The van der Waals surface area contributed by atoms with E-state index in [4.69, 9.17) is 9.47 Å². The highest BCUT2D eigenvalue weighted by molar-refractivity contribution is 8.01. The number of hydrogen-bond donors (Lipinski definition) is 1. The lowest BCUT2D eigenvalue weighted by Gasteiger charge is -2.06. The van der Waals surface area contributed by atoms with E-state index in [0.717, 1.165) is 26.9 Å². The standard InChI is InChI=1S/C18H16N2O3S2/c21-17(19-10-12-5-6-14-15(9-12)23-11-22-14)7-8-24-18-20-13-3-1-2-4-16(13)25-18/h1-6,9H,7-8,10-11H2,(H,19,21). The lowest BCUT2D eigenvalue weighted by molar-refractivity contribution is -0.120. The molecule has 0 radical (unpaired) electrons. The minimum Gasteiger partial charge on any atom is -0.454 e. The third kappa shape index (κ3) is 3.88. The molecule has 0 fully saturated rings. The number of rotatable bonds is 6. The third-order valence-corrected chi connectivity index (χ3v) is 5.94. The fourth-order valence-corrected chi connectivity index (χ4v) is 4.56. The van der Waals surface area contributed by atoms with E-state index in [1.165, 1.54) is 4.70 Å². The van der Waals surface area contributed by atoms with E-state index in [1.54, 1.807) is 23.1 Å². The summed E-state index contributed by atoms with van der Waals surface area (Å²) in [6.07, 6.45) is 0.463. The minimum atomic E-state index is 0.0336. The Morgan fingerprint density at radius 2 is 2.08 bits per heavy atom. The zero-order chi connectivity index (χ0) is 17.1. The van der Waals surface area contributed by atoms with Gasteiger partial charge in [0.05, 0.1) is 10.2 Å². The molecule has 2 heterocycles. The first-order chi connectivity index (χ1) is 12.3. The lowest BCUT2D eigenvalue weighted by atomic mass is 10.2. The van der Waals surface area contributed by atoms with Gasteiger partial charge in [-0.15, -0.1) is 11.3 Å². The number of carbonyl (C=O) groups excluding carboxylic acids is 1. The molecule has 3 aromatic rings. The van der Waals surface area contributed by atoms with Gasteiger partial charge in [0.25, 0.3) is 0 Å². The first kappa shape index (κ1) is 16.2. The van der Waals surface area contributed by atoms with Gasteiger partial charge < -0.3 is 14.8 Å². The van der Waals surface area contributed by atoms with E-state index in [-0.39, 0.29) is 12.7 Å². The number of fused-ring (bicyclic) bond motifs is 2. The van der Waals surface area contributed by atoms with Gasteiger partial charge in [0.15, 0.2) is 15.8 Å². The second kappa shape index (κ2) is 7.33. The Hall–Kier alpha value is -2.25. The number of amides is 1. The summed E-state index contributed by atoms with van der Waals surface area (Å²) < 4.78 is 12.8. The van der Waals surface area contributed by atoms with Crippen LogP contribution in [-0.4, -0.2) is 23.4 Å². The van der Waals surface area contributed by atoms with E-state index in [9.17, 15) is 4.79 Å². The fraction of sp³-hybridized carbons (Fsp3) is 0.222. The molecule has 0 atom stereocenters. The monoisotopic (exact) mass is 372 g/mol. The van der Waals surface area contributed by atoms with Crippen molar-refractivity contribution >= 4 is 39.2 Å². The highest BCUT2D eigenvalue weighted by atomic mass is 32.2. The van der Waals surface area contributed by atoms with Gasteiger partial charge in [0.1, 0.15) is 0 Å². The van der Waals surface area contributed by atoms with Crippen molar-refractivity contribution in [1.82, 2.24) is 10.3 Å². The molecule has 5 nitrogen and oxygen atoms in total. The summed E-state index contributed by atoms with van der Waals surface area (Å²) in [6.45, 7) is 0.745. The Bertz CT molecular complexity index is 877. The molecule has 1 aliphatic heterocycles. The quantitative estimate of drug-likeness (QED) is 0.667. The molecular weight excluding hydrogens is 356 g/mol. The van der Waals surface area contributed by atoms with Crippen LogP contribution in [0.4, 0.5) is 0 Å². The highest BCUT2D eigenvalue weighted by Crippen LogP contribution is 2.32. The zero-order valence-electron chi connectivity index (χ0n) is 13.4. The van der Waals surface area contributed by atoms with Crippen LogP contribution < -0.4 is 14.8 Å². The first-order valence-corrected chi connectivity index (χ1v) is 9.72. The summed E-state index contributed by atoms with van der Waals surface area (Å²) in [7, 11) is 0. The number of nitrogens with one attached hydrogen (secondary N) is 1. The SMILES string of the molecule is O=C(CCSc1nc2ccccc2s1)NCc1ccc2c(c1)OCO2. The number of hydrogen-bond acceptors (Lipinski definition) is 6. The van der Waals surface area contributed by atoms with Crippen LogP contribution in [0.3, 0.4) is 0 Å². The van der Waals surface area contributed by atoms with Crippen LogP contribution in [0.25, 0.3) is 10.2 Å². The Morgan fingerprint density at radius 1 is 1.20 bits per heavy atom. The van der Waals surface area contributed by atoms with Crippen LogP contribution >= 0.6 is 23.1 Å². The molecule has 1 aromatic heterocycles. The fourth-order valence-electron chi connectivity index (χ4n) is 2.48. The summed E-state index contributed by atoms with van der Waals surface area (Å²) >= 11 is 3.29. The van der Waals surface area contributed by atoms with Gasteiger partial charge in [-0.25, -0.2) is 4.98 Å². The molecule has 1 N–H and O–H groups in total. The van der Waals surface area contributed by atoms with E-state index in [2.05, 4.69) is 16.4 Å². The highest BCUT2D eigenvalue weighted by Gasteiger charge is 2.13. The molecule has 0 aliphatic carbocycles. The normalized spacial score (nSPS) is 12.5. The van der Waals surface area contributed by atoms with E-state index >= 15 is 0 Å². The molecule has 0 spiro atoms. The molecule has 4 rings (SSSR count). The largest absolute Gasteiger partial charge is 0.454 e. The van der Waals surface area contributed by atoms with Crippen molar-refractivity contribution in [3.63, 3.8) is 0 Å². The Labute approximate surface area is 153 Å². The summed E-state index contributed by atoms with van der Waals surface area (Å²) in [5, 5.41) is 2.94. The third-order valence-electron chi connectivity index (χ3n) is 3.76. The van der Waals surface area contributed by atoms with Gasteiger partial charge in [0, 0.05) is 18.7 Å².